The molecule has 1 aliphatic rings. The highest BCUT2D eigenvalue weighted by Gasteiger charge is 2.22. The summed E-state index contributed by atoms with van der Waals surface area (Å²) in [6, 6.07) is 7.50. The van der Waals surface area contributed by atoms with Crippen LogP contribution in [-0.2, 0) is 21.2 Å². The first-order valence-corrected chi connectivity index (χ1v) is 11.5. The molecule has 1 fully saturated rings. The van der Waals surface area contributed by atoms with E-state index >= 15 is 0 Å². The summed E-state index contributed by atoms with van der Waals surface area (Å²) in [5, 5.41) is 8.36. The van der Waals surface area contributed by atoms with Gasteiger partial charge < -0.3 is 4.90 Å². The van der Waals surface area contributed by atoms with E-state index in [2.05, 4.69) is 4.98 Å². The monoisotopic (exact) mass is 428 g/mol. The van der Waals surface area contributed by atoms with E-state index in [1.54, 1.807) is 4.90 Å². The average Bonchev–Trinajstić information content (AvgIpc) is 3.08. The lowest BCUT2D eigenvalue weighted by molar-refractivity contribution is -0.132. The standard InChI is InChI=1S/C17H21ClN4O3S2/c18-15-4-2-1-3-14(15)17-20-13(12-26-17)11-16(23)22-7-5-21(6-8-22)9-10-27(19,24)25/h1-4,12H,5-11H2,(H2,19,24,25). The predicted octanol–water partition coefficient (Wildman–Crippen LogP) is 1.44. The molecule has 0 spiro atoms. The lowest BCUT2D eigenvalue weighted by atomic mass is 10.2. The maximum Gasteiger partial charge on any atom is 0.228 e. The van der Waals surface area contributed by atoms with Gasteiger partial charge in [0, 0.05) is 43.7 Å². The van der Waals surface area contributed by atoms with Gasteiger partial charge in [0.15, 0.2) is 0 Å². The second-order valence-corrected chi connectivity index (χ2v) is 9.39. The number of primary sulfonamides is 1. The third-order valence-corrected chi connectivity index (χ3v) is 6.41. The van der Waals surface area contributed by atoms with E-state index in [0.29, 0.717) is 37.7 Å². The molecule has 2 aromatic rings. The number of nitrogens with zero attached hydrogens (tertiary/aromatic N) is 3. The van der Waals surface area contributed by atoms with Crippen LogP contribution in [0.1, 0.15) is 5.69 Å². The van der Waals surface area contributed by atoms with Gasteiger partial charge in [-0.15, -0.1) is 11.3 Å². The number of rotatable bonds is 6. The number of aromatic nitrogens is 1. The Labute approximate surface area is 167 Å². The highest BCUT2D eigenvalue weighted by atomic mass is 35.5. The van der Waals surface area contributed by atoms with E-state index in [1.807, 2.05) is 34.5 Å². The summed E-state index contributed by atoms with van der Waals surface area (Å²) in [6.45, 7) is 2.83. The molecule has 0 unspecified atom stereocenters. The van der Waals surface area contributed by atoms with E-state index in [9.17, 15) is 13.2 Å². The van der Waals surface area contributed by atoms with Crippen LogP contribution >= 0.6 is 22.9 Å². The molecule has 0 saturated carbocycles. The molecule has 1 amide bonds. The highest BCUT2D eigenvalue weighted by molar-refractivity contribution is 7.89. The molecule has 7 nitrogen and oxygen atoms in total. The molecule has 2 heterocycles. The maximum absolute atomic E-state index is 12.5. The molecule has 1 aromatic heterocycles. The molecule has 1 aromatic carbocycles. The topological polar surface area (TPSA) is 96.6 Å². The fourth-order valence-electron chi connectivity index (χ4n) is 2.89. The molecule has 10 heteroatoms. The van der Waals surface area contributed by atoms with Gasteiger partial charge in [0.1, 0.15) is 5.01 Å². The van der Waals surface area contributed by atoms with Crippen molar-refractivity contribution in [3.8, 4) is 10.6 Å². The van der Waals surface area contributed by atoms with Gasteiger partial charge in [-0.25, -0.2) is 18.5 Å². The van der Waals surface area contributed by atoms with Crippen LogP contribution in [0.25, 0.3) is 10.6 Å². The van der Waals surface area contributed by atoms with Gasteiger partial charge in [-0.1, -0.05) is 29.8 Å². The van der Waals surface area contributed by atoms with Crippen molar-refractivity contribution in [2.75, 3.05) is 38.5 Å². The van der Waals surface area contributed by atoms with E-state index in [0.717, 1.165) is 16.3 Å². The number of halogens is 1. The molecule has 146 valence electrons. The SMILES string of the molecule is NS(=O)(=O)CCN1CCN(C(=O)Cc2csc(-c3ccccc3Cl)n2)CC1. The number of benzene rings is 1. The molecule has 3 rings (SSSR count). The summed E-state index contributed by atoms with van der Waals surface area (Å²) in [4.78, 5) is 20.9. The third-order valence-electron chi connectivity index (χ3n) is 4.41. The van der Waals surface area contributed by atoms with E-state index in [-0.39, 0.29) is 18.1 Å². The maximum atomic E-state index is 12.5. The minimum absolute atomic E-state index is 0.0251. The summed E-state index contributed by atoms with van der Waals surface area (Å²) in [6.07, 6.45) is 0.248. The molecular formula is C17H21ClN4O3S2. The van der Waals surface area contributed by atoms with Gasteiger partial charge >= 0.3 is 0 Å². The van der Waals surface area contributed by atoms with Crippen LogP contribution in [0.3, 0.4) is 0 Å². The molecule has 0 atom stereocenters. The smallest absolute Gasteiger partial charge is 0.228 e. The lowest BCUT2D eigenvalue weighted by Gasteiger charge is -2.34. The molecule has 27 heavy (non-hydrogen) atoms. The van der Waals surface area contributed by atoms with E-state index < -0.39 is 10.0 Å². The number of piperazine rings is 1. The van der Waals surface area contributed by atoms with Crippen LogP contribution in [-0.4, -0.2) is 67.6 Å². The van der Waals surface area contributed by atoms with Crippen molar-refractivity contribution in [2.24, 2.45) is 5.14 Å². The Morgan fingerprint density at radius 1 is 1.22 bits per heavy atom. The number of hydrogen-bond donors (Lipinski definition) is 1. The zero-order valence-corrected chi connectivity index (χ0v) is 17.1. The van der Waals surface area contributed by atoms with Crippen LogP contribution in [0, 0.1) is 0 Å². The van der Waals surface area contributed by atoms with E-state index in [4.69, 9.17) is 16.7 Å². The molecule has 0 aliphatic carbocycles. The first-order valence-electron chi connectivity index (χ1n) is 8.52. The summed E-state index contributed by atoms with van der Waals surface area (Å²) >= 11 is 7.68. The number of nitrogens with two attached hydrogens (primary N) is 1. The summed E-state index contributed by atoms with van der Waals surface area (Å²) in [5.74, 6) is -0.0398. The summed E-state index contributed by atoms with van der Waals surface area (Å²) in [7, 11) is -3.46. The van der Waals surface area contributed by atoms with Crippen LogP contribution in [0.5, 0.6) is 0 Å². The Bertz CT molecular complexity index is 908. The number of thiazole rings is 1. The molecule has 1 aliphatic heterocycles. The molecular weight excluding hydrogens is 408 g/mol. The number of hydrogen-bond acceptors (Lipinski definition) is 6. The molecule has 1 saturated heterocycles. The van der Waals surface area contributed by atoms with Gasteiger partial charge in [0.05, 0.1) is 22.9 Å². The Hall–Kier alpha value is -1.52. The second-order valence-electron chi connectivity index (χ2n) is 6.39. The predicted molar refractivity (Wildman–Crippen MR) is 107 cm³/mol. The number of carbonyl (C=O) groups is 1. The first kappa shape index (κ1) is 20.2. The van der Waals surface area contributed by atoms with Crippen molar-refractivity contribution in [3.63, 3.8) is 0 Å². The summed E-state index contributed by atoms with van der Waals surface area (Å²) < 4.78 is 22.1. The fraction of sp³-hybridized carbons (Fsp3) is 0.412. The van der Waals surface area contributed by atoms with Crippen LogP contribution in [0.15, 0.2) is 29.6 Å². The fourth-order valence-corrected chi connectivity index (χ4v) is 4.54. The summed E-state index contributed by atoms with van der Waals surface area (Å²) in [5.41, 5.74) is 1.60. The van der Waals surface area contributed by atoms with Crippen molar-refractivity contribution < 1.29 is 13.2 Å². The van der Waals surface area contributed by atoms with Crippen molar-refractivity contribution in [3.05, 3.63) is 40.4 Å². The quantitative estimate of drug-likeness (QED) is 0.750. The normalized spacial score (nSPS) is 15.9. The van der Waals surface area contributed by atoms with Gasteiger partial charge in [-0.05, 0) is 6.07 Å². The second kappa shape index (κ2) is 8.66. The Kier molecular flexibility index (Phi) is 6.48. The first-order chi connectivity index (χ1) is 12.8. The zero-order chi connectivity index (χ0) is 19.4. The number of amides is 1. The Morgan fingerprint density at radius 2 is 1.93 bits per heavy atom. The lowest BCUT2D eigenvalue weighted by Crippen LogP contribution is -2.50. The molecule has 2 N–H and O–H groups in total. The van der Waals surface area contributed by atoms with Crippen LogP contribution in [0.2, 0.25) is 5.02 Å². The van der Waals surface area contributed by atoms with E-state index in [1.165, 1.54) is 11.3 Å². The number of sulfonamides is 1. The van der Waals surface area contributed by atoms with Gasteiger partial charge in [-0.2, -0.15) is 0 Å². The largest absolute Gasteiger partial charge is 0.340 e. The minimum Gasteiger partial charge on any atom is -0.340 e. The average molecular weight is 429 g/mol. The van der Waals surface area contributed by atoms with Gasteiger partial charge in [0.2, 0.25) is 15.9 Å². The highest BCUT2D eigenvalue weighted by Crippen LogP contribution is 2.30. The zero-order valence-electron chi connectivity index (χ0n) is 14.7. The van der Waals surface area contributed by atoms with Crippen molar-refractivity contribution >= 4 is 38.9 Å². The van der Waals surface area contributed by atoms with Crippen molar-refractivity contribution in [2.45, 2.75) is 6.42 Å². The van der Waals surface area contributed by atoms with Crippen LogP contribution < -0.4 is 5.14 Å². The van der Waals surface area contributed by atoms with Gasteiger partial charge in [0.25, 0.3) is 0 Å². The third kappa shape index (κ3) is 5.73. The Balaban J connectivity index is 1.53. The Morgan fingerprint density at radius 3 is 2.59 bits per heavy atom. The molecule has 0 radical (unpaired) electrons. The minimum atomic E-state index is -3.46. The van der Waals surface area contributed by atoms with Crippen LogP contribution in [0.4, 0.5) is 0 Å². The molecule has 0 bridgehead atoms. The van der Waals surface area contributed by atoms with Crippen molar-refractivity contribution in [1.82, 2.24) is 14.8 Å². The number of carbonyl (C=O) groups excluding carboxylic acids is 1. The van der Waals surface area contributed by atoms with Crippen molar-refractivity contribution in [1.29, 1.82) is 0 Å². The van der Waals surface area contributed by atoms with Gasteiger partial charge in [-0.3, -0.25) is 9.69 Å².